The quantitative estimate of drug-likeness (QED) is 0.153. The summed E-state index contributed by atoms with van der Waals surface area (Å²) in [6.45, 7) is 2.37. The number of thiazole rings is 1. The molecule has 4 heterocycles. The molecule has 0 spiro atoms. The van der Waals surface area contributed by atoms with E-state index in [1.165, 1.54) is 36.5 Å². The molecular weight excluding hydrogens is 739 g/mol. The number of halogens is 9. The van der Waals surface area contributed by atoms with Crippen molar-refractivity contribution in [3.05, 3.63) is 93.7 Å². The molecular formula is C35H29F9N6O2S. The van der Waals surface area contributed by atoms with E-state index in [1.54, 1.807) is 6.07 Å². The number of benzene rings is 2. The number of hydrogen-bond acceptors (Lipinski definition) is 7. The van der Waals surface area contributed by atoms with Gasteiger partial charge in [0.15, 0.2) is 10.8 Å². The zero-order valence-electron chi connectivity index (χ0n) is 27.7. The predicted octanol–water partition coefficient (Wildman–Crippen LogP) is 8.13. The van der Waals surface area contributed by atoms with Gasteiger partial charge in [-0.3, -0.25) is 9.48 Å². The SMILES string of the molecule is Cc1cc(-c2cc3sc(N4CCOCC4)nc3nc2[C@H](Cc2cc(F)cc(F)c2)NC(=O)Cn2nc(C(F)F)c3c2C(F)(F)CCC3(F)F)ccc1F. The molecule has 1 fully saturated rings. The van der Waals surface area contributed by atoms with Crippen molar-refractivity contribution in [1.29, 1.82) is 0 Å². The molecule has 0 unspecified atom stereocenters. The second-order valence-corrected chi connectivity index (χ2v) is 13.9. The van der Waals surface area contributed by atoms with Gasteiger partial charge in [0, 0.05) is 37.6 Å². The molecule has 0 bridgehead atoms. The molecule has 3 aromatic heterocycles. The van der Waals surface area contributed by atoms with Crippen LogP contribution < -0.4 is 10.2 Å². The molecule has 0 saturated carbocycles. The standard InChI is InChI=1S/C35H29F9N6O2S/c1-17-10-19(2-3-23(17)38)22-15-25-32(47-33(53-25)49-6-8-52-9-7-49)46-28(22)24(13-18-11-20(36)14-21(37)12-18)45-26(51)16-50-30-27(29(48-50)31(39)40)34(41,42)4-5-35(30,43)44/h2-3,10-12,14-15,24,31H,4-9,13,16H2,1H3,(H,45,51)/t24-/m0/s1. The molecule has 53 heavy (non-hydrogen) atoms. The number of hydrogen-bond donors (Lipinski definition) is 1. The molecule has 1 aliphatic heterocycles. The summed E-state index contributed by atoms with van der Waals surface area (Å²) < 4.78 is 137. The highest BCUT2D eigenvalue weighted by atomic mass is 32.1. The Morgan fingerprint density at radius 1 is 0.943 bits per heavy atom. The number of amides is 1. The summed E-state index contributed by atoms with van der Waals surface area (Å²) in [6.07, 6.45) is -6.77. The molecule has 7 rings (SSSR count). The largest absolute Gasteiger partial charge is 0.378 e. The van der Waals surface area contributed by atoms with Gasteiger partial charge < -0.3 is 15.0 Å². The molecule has 1 N–H and O–H groups in total. The molecule has 1 saturated heterocycles. The highest BCUT2D eigenvalue weighted by Crippen LogP contribution is 2.52. The van der Waals surface area contributed by atoms with E-state index < -0.39 is 84.0 Å². The van der Waals surface area contributed by atoms with Crippen LogP contribution in [0.2, 0.25) is 0 Å². The van der Waals surface area contributed by atoms with Gasteiger partial charge in [-0.1, -0.05) is 17.4 Å². The predicted molar refractivity (Wildman–Crippen MR) is 176 cm³/mol. The highest BCUT2D eigenvalue weighted by molar-refractivity contribution is 7.22. The smallest absolute Gasteiger partial charge is 0.290 e. The van der Waals surface area contributed by atoms with Crippen LogP contribution in [-0.4, -0.2) is 52.0 Å². The Morgan fingerprint density at radius 2 is 1.64 bits per heavy atom. The second kappa shape index (κ2) is 13.9. The van der Waals surface area contributed by atoms with Crippen LogP contribution in [0, 0.1) is 24.4 Å². The number of carbonyl (C=O) groups is 1. The number of alkyl halides is 6. The Labute approximate surface area is 299 Å². The molecule has 5 aromatic rings. The number of morpholine rings is 1. The van der Waals surface area contributed by atoms with Crippen LogP contribution in [0.1, 0.15) is 59.1 Å². The molecule has 1 amide bonds. The first-order valence-corrected chi connectivity index (χ1v) is 17.2. The van der Waals surface area contributed by atoms with Crippen molar-refractivity contribution in [2.24, 2.45) is 0 Å². The first-order chi connectivity index (χ1) is 25.1. The summed E-state index contributed by atoms with van der Waals surface area (Å²) in [5, 5.41) is 6.54. The van der Waals surface area contributed by atoms with Crippen molar-refractivity contribution in [3.63, 3.8) is 0 Å². The minimum absolute atomic E-state index is 0.0332. The Kier molecular flexibility index (Phi) is 9.63. The summed E-state index contributed by atoms with van der Waals surface area (Å²) >= 11 is 1.31. The second-order valence-electron chi connectivity index (χ2n) is 12.9. The third-order valence-corrected chi connectivity index (χ3v) is 10.2. The zero-order chi connectivity index (χ0) is 37.8. The lowest BCUT2D eigenvalue weighted by Crippen LogP contribution is -2.37. The van der Waals surface area contributed by atoms with Crippen molar-refractivity contribution >= 4 is 32.7 Å². The van der Waals surface area contributed by atoms with Crippen molar-refractivity contribution in [3.8, 4) is 11.1 Å². The lowest BCUT2D eigenvalue weighted by molar-refractivity contribution is -0.123. The maximum atomic E-state index is 15.1. The number of rotatable bonds is 9. The van der Waals surface area contributed by atoms with Gasteiger partial charge in [-0.25, -0.2) is 35.7 Å². The number of nitrogens with one attached hydrogen (secondary N) is 1. The first kappa shape index (κ1) is 36.6. The maximum Gasteiger partial charge on any atom is 0.290 e. The number of carbonyl (C=O) groups excluding carboxylic acids is 1. The fourth-order valence-corrected chi connectivity index (χ4v) is 7.66. The lowest BCUT2D eigenvalue weighted by Gasteiger charge is -2.29. The number of ether oxygens (including phenoxy) is 1. The van der Waals surface area contributed by atoms with Gasteiger partial charge in [-0.05, 0) is 60.4 Å². The number of aryl methyl sites for hydroxylation is 1. The van der Waals surface area contributed by atoms with Crippen molar-refractivity contribution in [1.82, 2.24) is 25.1 Å². The Bertz CT molecular complexity index is 2180. The molecule has 2 aliphatic rings. The van der Waals surface area contributed by atoms with Crippen LogP contribution in [0.3, 0.4) is 0 Å². The van der Waals surface area contributed by atoms with E-state index >= 15 is 8.78 Å². The maximum absolute atomic E-state index is 15.1. The third kappa shape index (κ3) is 7.30. The van der Waals surface area contributed by atoms with Gasteiger partial charge >= 0.3 is 0 Å². The van der Waals surface area contributed by atoms with Crippen LogP contribution in [-0.2, 0) is 34.3 Å². The van der Waals surface area contributed by atoms with Gasteiger partial charge in [0.1, 0.15) is 35.4 Å². The van der Waals surface area contributed by atoms with E-state index in [4.69, 9.17) is 9.72 Å². The third-order valence-electron chi connectivity index (χ3n) is 9.12. The zero-order valence-corrected chi connectivity index (χ0v) is 28.5. The van der Waals surface area contributed by atoms with Gasteiger partial charge in [0.05, 0.1) is 35.2 Å². The van der Waals surface area contributed by atoms with Crippen LogP contribution >= 0.6 is 11.3 Å². The number of fused-ring (bicyclic) bond motifs is 2. The molecule has 1 atom stereocenters. The van der Waals surface area contributed by atoms with E-state index in [0.29, 0.717) is 53.3 Å². The van der Waals surface area contributed by atoms with Crippen LogP contribution in [0.4, 0.5) is 44.6 Å². The fraction of sp³-hybridized carbons (Fsp3) is 0.371. The number of nitrogens with zero attached hydrogens (tertiary/aromatic N) is 5. The van der Waals surface area contributed by atoms with E-state index in [1.807, 2.05) is 4.90 Å². The lowest BCUT2D eigenvalue weighted by atomic mass is 9.89. The van der Waals surface area contributed by atoms with E-state index in [0.717, 1.165) is 12.1 Å². The average Bonchev–Trinajstić information content (AvgIpc) is 3.70. The van der Waals surface area contributed by atoms with Gasteiger partial charge in [-0.2, -0.15) is 18.9 Å². The van der Waals surface area contributed by atoms with E-state index in [9.17, 15) is 35.5 Å². The number of anilines is 1. The molecule has 0 radical (unpaired) electrons. The monoisotopic (exact) mass is 768 g/mol. The fourth-order valence-electron chi connectivity index (χ4n) is 6.66. The van der Waals surface area contributed by atoms with Crippen molar-refractivity contribution in [2.45, 2.75) is 57.0 Å². The van der Waals surface area contributed by atoms with Crippen LogP contribution in [0.15, 0.2) is 42.5 Å². The molecule has 280 valence electrons. The minimum atomic E-state index is -4.06. The van der Waals surface area contributed by atoms with E-state index in [2.05, 4.69) is 15.4 Å². The normalized spacial score (nSPS) is 17.3. The van der Waals surface area contributed by atoms with Crippen molar-refractivity contribution < 1.29 is 49.0 Å². The molecule has 8 nitrogen and oxygen atoms in total. The number of pyridine rings is 1. The first-order valence-electron chi connectivity index (χ1n) is 16.4. The molecule has 1 aliphatic carbocycles. The van der Waals surface area contributed by atoms with Gasteiger partial charge in [0.2, 0.25) is 5.91 Å². The molecule has 2 aromatic carbocycles. The average molecular weight is 769 g/mol. The summed E-state index contributed by atoms with van der Waals surface area (Å²) in [5.74, 6) is -11.6. The minimum Gasteiger partial charge on any atom is -0.378 e. The molecule has 18 heteroatoms. The van der Waals surface area contributed by atoms with E-state index in [-0.39, 0.29) is 33.6 Å². The highest BCUT2D eigenvalue weighted by Gasteiger charge is 2.55. The Hall–Kier alpha value is -4.71. The van der Waals surface area contributed by atoms with Crippen molar-refractivity contribution in [2.75, 3.05) is 31.2 Å². The van der Waals surface area contributed by atoms with Crippen LogP contribution in [0.5, 0.6) is 0 Å². The Balaban J connectivity index is 1.34. The summed E-state index contributed by atoms with van der Waals surface area (Å²) in [4.78, 5) is 25.2. The van der Waals surface area contributed by atoms with Crippen LogP contribution in [0.25, 0.3) is 21.5 Å². The Morgan fingerprint density at radius 3 is 2.32 bits per heavy atom. The summed E-state index contributed by atoms with van der Waals surface area (Å²) in [6, 6.07) is 7.24. The van der Waals surface area contributed by atoms with Gasteiger partial charge in [0.25, 0.3) is 18.3 Å². The summed E-state index contributed by atoms with van der Waals surface area (Å²) in [7, 11) is 0. The topological polar surface area (TPSA) is 85.2 Å². The van der Waals surface area contributed by atoms with Gasteiger partial charge in [-0.15, -0.1) is 0 Å². The number of aromatic nitrogens is 4. The summed E-state index contributed by atoms with van der Waals surface area (Å²) in [5.41, 5.74) is -3.30.